The van der Waals surface area contributed by atoms with E-state index in [2.05, 4.69) is 11.1 Å². The van der Waals surface area contributed by atoms with Crippen molar-refractivity contribution < 1.29 is 13.9 Å². The van der Waals surface area contributed by atoms with Crippen LogP contribution < -0.4 is 11.2 Å². The normalized spacial score (nSPS) is 11.8. The van der Waals surface area contributed by atoms with Crippen molar-refractivity contribution in [1.29, 1.82) is 5.26 Å². The van der Waals surface area contributed by atoms with Gasteiger partial charge in [0.05, 0.1) is 0 Å². The van der Waals surface area contributed by atoms with Crippen molar-refractivity contribution in [3.05, 3.63) is 51.5 Å². The van der Waals surface area contributed by atoms with Crippen LogP contribution in [-0.2, 0) is 25.4 Å². The van der Waals surface area contributed by atoms with E-state index in [9.17, 15) is 14.4 Å². The van der Waals surface area contributed by atoms with Gasteiger partial charge in [-0.05, 0) is 63.5 Å². The molecule has 2 aromatic rings. The second-order valence-corrected chi connectivity index (χ2v) is 9.08. The Morgan fingerprint density at radius 3 is 2.45 bits per heavy atom. The molecule has 8 nitrogen and oxygen atoms in total. The summed E-state index contributed by atoms with van der Waals surface area (Å²) in [7, 11) is 3.45. The van der Waals surface area contributed by atoms with E-state index < -0.39 is 11.7 Å². The molecule has 0 aliphatic carbocycles. The number of aromatic nitrogens is 2. The van der Waals surface area contributed by atoms with E-state index in [-0.39, 0.29) is 17.2 Å². The van der Waals surface area contributed by atoms with Gasteiger partial charge in [0.1, 0.15) is 28.9 Å². The molecule has 2 N–H and O–H groups in total. The standard InChI is InChI=1S/C23H31FN6O2S/c1-23(2,3)32-22(31)30(15-16-8-10-17(24)11-9-16)13-7-6-12-27-20-18(14-25)19(26)28(4)21(33)29(20)5/h8-11H,6-7,12-13,15,26H2,1-5H3. The smallest absolute Gasteiger partial charge is 0.410 e. The predicted octanol–water partition coefficient (Wildman–Crippen LogP) is 3.80. The van der Waals surface area contributed by atoms with Crippen LogP contribution in [0.4, 0.5) is 15.0 Å². The molecule has 1 amide bonds. The number of hydrogen-bond donors (Lipinski definition) is 1. The van der Waals surface area contributed by atoms with Crippen molar-refractivity contribution in [2.45, 2.75) is 45.8 Å². The number of rotatable bonds is 7. The Morgan fingerprint density at radius 1 is 1.24 bits per heavy atom. The van der Waals surface area contributed by atoms with Crippen molar-refractivity contribution in [3.63, 3.8) is 0 Å². The summed E-state index contributed by atoms with van der Waals surface area (Å²) >= 11 is 5.35. The fourth-order valence-electron chi connectivity index (χ4n) is 3.13. The molecule has 0 unspecified atom stereocenters. The summed E-state index contributed by atoms with van der Waals surface area (Å²) in [5.41, 5.74) is 6.92. The Kier molecular flexibility index (Phi) is 8.76. The van der Waals surface area contributed by atoms with Gasteiger partial charge in [-0.3, -0.25) is 4.99 Å². The van der Waals surface area contributed by atoms with Gasteiger partial charge >= 0.3 is 6.09 Å². The Hall–Kier alpha value is -3.19. The van der Waals surface area contributed by atoms with Gasteiger partial charge in [0.25, 0.3) is 0 Å². The molecule has 0 aliphatic rings. The largest absolute Gasteiger partial charge is 0.444 e. The second-order valence-electron chi connectivity index (χ2n) is 8.71. The highest BCUT2D eigenvalue weighted by molar-refractivity contribution is 7.71. The molecular formula is C23H31FN6O2S. The number of anilines is 1. The average molecular weight is 475 g/mol. The zero-order chi connectivity index (χ0) is 24.8. The van der Waals surface area contributed by atoms with Crippen molar-refractivity contribution in [1.82, 2.24) is 14.0 Å². The maximum atomic E-state index is 13.2. The van der Waals surface area contributed by atoms with Gasteiger partial charge in [-0.15, -0.1) is 0 Å². The Bertz CT molecular complexity index is 1160. The van der Waals surface area contributed by atoms with Gasteiger partial charge in [0, 0.05) is 33.7 Å². The molecule has 10 heteroatoms. The van der Waals surface area contributed by atoms with E-state index in [1.807, 2.05) is 20.8 Å². The average Bonchev–Trinajstić information content (AvgIpc) is 2.74. The number of carbonyl (C=O) groups is 1. The number of benzene rings is 1. The van der Waals surface area contributed by atoms with Crippen LogP contribution in [0, 0.1) is 21.9 Å². The number of unbranched alkanes of at least 4 members (excludes halogenated alkanes) is 1. The zero-order valence-corrected chi connectivity index (χ0v) is 20.6. The van der Waals surface area contributed by atoms with Crippen LogP contribution in [0.3, 0.4) is 0 Å². The van der Waals surface area contributed by atoms with Crippen LogP contribution in [0.5, 0.6) is 0 Å². The molecule has 0 saturated heterocycles. The van der Waals surface area contributed by atoms with E-state index >= 15 is 0 Å². The van der Waals surface area contributed by atoms with Gasteiger partial charge in [-0.1, -0.05) is 12.1 Å². The molecule has 0 saturated carbocycles. The molecule has 0 bridgehead atoms. The molecule has 1 aromatic carbocycles. The quantitative estimate of drug-likeness (QED) is 0.486. The highest BCUT2D eigenvalue weighted by atomic mass is 32.1. The minimum Gasteiger partial charge on any atom is -0.444 e. The van der Waals surface area contributed by atoms with Gasteiger partial charge in [0.15, 0.2) is 10.3 Å². The first-order chi connectivity index (χ1) is 15.4. The van der Waals surface area contributed by atoms with Crippen LogP contribution in [0.15, 0.2) is 29.3 Å². The molecule has 0 fully saturated rings. The third kappa shape index (κ3) is 7.15. The predicted molar refractivity (Wildman–Crippen MR) is 127 cm³/mol. The second kappa shape index (κ2) is 11.1. The van der Waals surface area contributed by atoms with Crippen LogP contribution in [0.2, 0.25) is 0 Å². The maximum absolute atomic E-state index is 13.2. The third-order valence-electron chi connectivity index (χ3n) is 4.88. The molecule has 33 heavy (non-hydrogen) atoms. The lowest BCUT2D eigenvalue weighted by atomic mass is 10.2. The van der Waals surface area contributed by atoms with Crippen LogP contribution in [-0.4, -0.2) is 38.8 Å². The van der Waals surface area contributed by atoms with E-state index in [1.54, 1.807) is 40.3 Å². The lowest BCUT2D eigenvalue weighted by molar-refractivity contribution is 0.0230. The maximum Gasteiger partial charge on any atom is 0.410 e. The number of halogens is 1. The minimum absolute atomic E-state index is 0.273. The van der Waals surface area contributed by atoms with Crippen molar-refractivity contribution >= 4 is 24.1 Å². The van der Waals surface area contributed by atoms with E-state index in [4.69, 9.17) is 22.7 Å². The highest BCUT2D eigenvalue weighted by Crippen LogP contribution is 2.14. The first kappa shape index (κ1) is 26.1. The number of nitrogens with two attached hydrogens (primary N) is 1. The van der Waals surface area contributed by atoms with Crippen molar-refractivity contribution in [3.8, 4) is 6.07 Å². The molecule has 0 atom stereocenters. The molecule has 1 heterocycles. The van der Waals surface area contributed by atoms with Gasteiger partial charge in [-0.25, -0.2) is 9.18 Å². The fraction of sp³-hybridized carbons (Fsp3) is 0.478. The molecule has 0 radical (unpaired) electrons. The summed E-state index contributed by atoms with van der Waals surface area (Å²) in [5, 5.41) is 9.49. The number of amides is 1. The summed E-state index contributed by atoms with van der Waals surface area (Å²) in [5.74, 6) is -0.0544. The first-order valence-electron chi connectivity index (χ1n) is 10.6. The van der Waals surface area contributed by atoms with Crippen LogP contribution >= 0.6 is 12.2 Å². The number of nitriles is 1. The topological polar surface area (TPSA) is 102 Å². The van der Waals surface area contributed by atoms with Crippen LogP contribution in [0.1, 0.15) is 44.7 Å². The van der Waals surface area contributed by atoms with E-state index in [1.165, 1.54) is 12.1 Å². The summed E-state index contributed by atoms with van der Waals surface area (Å²) in [6, 6.07) is 8.13. The summed E-state index contributed by atoms with van der Waals surface area (Å²) in [4.78, 5) is 18.8. The van der Waals surface area contributed by atoms with E-state index in [0.717, 1.165) is 5.56 Å². The number of hydrogen-bond acceptors (Lipinski definition) is 6. The monoisotopic (exact) mass is 474 g/mol. The Morgan fingerprint density at radius 2 is 1.88 bits per heavy atom. The van der Waals surface area contributed by atoms with Gasteiger partial charge in [0.2, 0.25) is 0 Å². The molecule has 0 aliphatic heterocycles. The number of nitrogen functional groups attached to an aromatic ring is 1. The number of ether oxygens (including phenoxy) is 1. The highest BCUT2D eigenvalue weighted by Gasteiger charge is 2.22. The minimum atomic E-state index is -0.624. The Balaban J connectivity index is 2.11. The number of nitrogens with zero attached hydrogens (tertiary/aromatic N) is 5. The summed E-state index contributed by atoms with van der Waals surface area (Å²) in [6.07, 6.45) is 0.897. The van der Waals surface area contributed by atoms with E-state index in [0.29, 0.717) is 42.7 Å². The first-order valence-corrected chi connectivity index (χ1v) is 11.0. The third-order valence-corrected chi connectivity index (χ3v) is 5.43. The summed E-state index contributed by atoms with van der Waals surface area (Å²) in [6.45, 7) is 6.62. The molecular weight excluding hydrogens is 443 g/mol. The van der Waals surface area contributed by atoms with Crippen molar-refractivity contribution in [2.24, 2.45) is 19.1 Å². The lowest BCUT2D eigenvalue weighted by Crippen LogP contribution is -2.37. The number of carbonyl (C=O) groups excluding carboxylic acids is 1. The fourth-order valence-corrected chi connectivity index (χ4v) is 3.32. The zero-order valence-electron chi connectivity index (χ0n) is 19.8. The summed E-state index contributed by atoms with van der Waals surface area (Å²) < 4.78 is 22.4. The lowest BCUT2D eigenvalue weighted by Gasteiger charge is -2.27. The molecule has 178 valence electrons. The van der Waals surface area contributed by atoms with Crippen molar-refractivity contribution in [2.75, 3.05) is 18.8 Å². The SMILES string of the molecule is Cn1c(N)c(C#N)c(=NCCCCN(Cc2ccc(F)cc2)C(=O)OC(C)(C)C)n(C)c1=S. The van der Waals surface area contributed by atoms with Gasteiger partial charge < -0.3 is 24.5 Å². The molecule has 1 aromatic heterocycles. The molecule has 0 spiro atoms. The molecule has 2 rings (SSSR count). The van der Waals surface area contributed by atoms with Gasteiger partial charge in [-0.2, -0.15) is 5.26 Å². The van der Waals surface area contributed by atoms with Crippen LogP contribution in [0.25, 0.3) is 0 Å². The Labute approximate surface area is 198 Å².